The molecule has 0 aliphatic carbocycles. The first kappa shape index (κ1) is 17.1. The zero-order chi connectivity index (χ0) is 16.8. The highest BCUT2D eigenvalue weighted by atomic mass is 35.5. The minimum atomic E-state index is -1.09. The van der Waals surface area contributed by atoms with E-state index in [9.17, 15) is 9.59 Å². The number of nitrogens with one attached hydrogen (secondary N) is 1. The molecule has 0 saturated carbocycles. The van der Waals surface area contributed by atoms with Gasteiger partial charge in [0.25, 0.3) is 0 Å². The maximum atomic E-state index is 12.3. The average Bonchev–Trinajstić information content (AvgIpc) is 2.51. The molecule has 5 nitrogen and oxygen atoms in total. The summed E-state index contributed by atoms with van der Waals surface area (Å²) < 4.78 is 0. The van der Waals surface area contributed by atoms with Crippen LogP contribution in [-0.4, -0.2) is 28.6 Å². The quantitative estimate of drug-likeness (QED) is 0.850. The fourth-order valence-corrected chi connectivity index (χ4v) is 2.24. The molecule has 2 aromatic rings. The number of amides is 2. The first-order valence-corrected chi connectivity index (χ1v) is 7.48. The summed E-state index contributed by atoms with van der Waals surface area (Å²) in [6, 6.07) is 13.3. The molecule has 0 radical (unpaired) electrons. The number of hydrogen-bond donors (Lipinski definition) is 2. The molecule has 2 amide bonds. The van der Waals surface area contributed by atoms with Gasteiger partial charge in [-0.25, -0.2) is 4.79 Å². The molecule has 7 heteroatoms. The van der Waals surface area contributed by atoms with Crippen LogP contribution in [0, 0.1) is 0 Å². The molecular formula is C16H14Cl2N2O3. The topological polar surface area (TPSA) is 69.6 Å². The van der Waals surface area contributed by atoms with Crippen LogP contribution in [0.25, 0.3) is 0 Å². The Morgan fingerprint density at radius 3 is 2.35 bits per heavy atom. The van der Waals surface area contributed by atoms with E-state index < -0.39 is 18.5 Å². The third kappa shape index (κ3) is 5.16. The first-order chi connectivity index (χ1) is 11.0. The molecule has 2 N–H and O–H groups in total. The zero-order valence-electron chi connectivity index (χ0n) is 12.0. The molecule has 2 rings (SSSR count). The van der Waals surface area contributed by atoms with E-state index in [1.54, 1.807) is 12.1 Å². The van der Waals surface area contributed by atoms with Crippen molar-refractivity contribution in [1.82, 2.24) is 4.90 Å². The lowest BCUT2D eigenvalue weighted by Gasteiger charge is -2.21. The molecule has 0 aliphatic rings. The van der Waals surface area contributed by atoms with Crippen molar-refractivity contribution in [3.05, 3.63) is 64.1 Å². The fraction of sp³-hybridized carbons (Fsp3) is 0.125. The van der Waals surface area contributed by atoms with Gasteiger partial charge in [-0.1, -0.05) is 53.5 Å². The SMILES string of the molecule is O=C(O)CN(Cc1ccccc1)C(=O)Nc1ccc(Cl)c(Cl)c1. The number of halogens is 2. The molecule has 120 valence electrons. The number of hydrogen-bond acceptors (Lipinski definition) is 2. The molecule has 0 atom stereocenters. The van der Waals surface area contributed by atoms with Crippen molar-refractivity contribution in [3.63, 3.8) is 0 Å². The third-order valence-electron chi connectivity index (χ3n) is 3.00. The number of rotatable bonds is 5. The standard InChI is InChI=1S/C16H14Cl2N2O3/c17-13-7-6-12(8-14(13)18)19-16(23)20(10-15(21)22)9-11-4-2-1-3-5-11/h1-8H,9-10H2,(H,19,23)(H,21,22). The number of carbonyl (C=O) groups excluding carboxylic acids is 1. The summed E-state index contributed by atoms with van der Waals surface area (Å²) in [5, 5.41) is 12.3. The van der Waals surface area contributed by atoms with E-state index in [-0.39, 0.29) is 6.54 Å². The number of aliphatic carboxylic acids is 1. The molecule has 0 unspecified atom stereocenters. The first-order valence-electron chi connectivity index (χ1n) is 6.72. The number of carbonyl (C=O) groups is 2. The zero-order valence-corrected chi connectivity index (χ0v) is 13.5. The van der Waals surface area contributed by atoms with Gasteiger partial charge in [-0.15, -0.1) is 0 Å². The van der Waals surface area contributed by atoms with Crippen LogP contribution in [0.5, 0.6) is 0 Å². The maximum Gasteiger partial charge on any atom is 0.323 e. The van der Waals surface area contributed by atoms with Crippen LogP contribution in [0.2, 0.25) is 10.0 Å². The minimum absolute atomic E-state index is 0.181. The van der Waals surface area contributed by atoms with Gasteiger partial charge in [-0.05, 0) is 23.8 Å². The molecule has 0 aromatic heterocycles. The maximum absolute atomic E-state index is 12.3. The number of carboxylic acid groups (broad SMARTS) is 1. The number of carboxylic acids is 1. The number of anilines is 1. The number of urea groups is 1. The van der Waals surface area contributed by atoms with E-state index in [1.807, 2.05) is 30.3 Å². The lowest BCUT2D eigenvalue weighted by molar-refractivity contribution is -0.137. The molecule has 23 heavy (non-hydrogen) atoms. The Hall–Kier alpha value is -2.24. The Morgan fingerprint density at radius 2 is 1.74 bits per heavy atom. The second-order valence-electron chi connectivity index (χ2n) is 4.79. The van der Waals surface area contributed by atoms with Crippen molar-refractivity contribution in [2.45, 2.75) is 6.54 Å². The lowest BCUT2D eigenvalue weighted by Crippen LogP contribution is -2.38. The van der Waals surface area contributed by atoms with E-state index in [1.165, 1.54) is 11.0 Å². The summed E-state index contributed by atoms with van der Waals surface area (Å²) in [6.45, 7) is -0.234. The Bertz CT molecular complexity index is 708. The second-order valence-corrected chi connectivity index (χ2v) is 5.61. The smallest absolute Gasteiger partial charge is 0.323 e. The highest BCUT2D eigenvalue weighted by Gasteiger charge is 2.17. The molecule has 0 bridgehead atoms. The van der Waals surface area contributed by atoms with Crippen molar-refractivity contribution in [2.75, 3.05) is 11.9 Å². The molecule has 0 fully saturated rings. The third-order valence-corrected chi connectivity index (χ3v) is 3.74. The summed E-state index contributed by atoms with van der Waals surface area (Å²) in [6.07, 6.45) is 0. The summed E-state index contributed by atoms with van der Waals surface area (Å²) in [7, 11) is 0. The summed E-state index contributed by atoms with van der Waals surface area (Å²) >= 11 is 11.7. The van der Waals surface area contributed by atoms with Gasteiger partial charge in [-0.2, -0.15) is 0 Å². The van der Waals surface area contributed by atoms with E-state index in [2.05, 4.69) is 5.32 Å². The molecule has 0 saturated heterocycles. The van der Waals surface area contributed by atoms with Crippen molar-refractivity contribution >= 4 is 40.9 Å². The normalized spacial score (nSPS) is 10.2. The van der Waals surface area contributed by atoms with E-state index >= 15 is 0 Å². The van der Waals surface area contributed by atoms with Crippen molar-refractivity contribution in [3.8, 4) is 0 Å². The van der Waals surface area contributed by atoms with Gasteiger partial charge < -0.3 is 15.3 Å². The second kappa shape index (κ2) is 7.85. The van der Waals surface area contributed by atoms with Crippen molar-refractivity contribution < 1.29 is 14.7 Å². The Kier molecular flexibility index (Phi) is 5.84. The van der Waals surface area contributed by atoms with E-state index in [0.717, 1.165) is 5.56 Å². The predicted octanol–water partition coefficient (Wildman–Crippen LogP) is 4.11. The largest absolute Gasteiger partial charge is 0.480 e. The van der Waals surface area contributed by atoms with Crippen molar-refractivity contribution in [2.24, 2.45) is 0 Å². The summed E-state index contributed by atoms with van der Waals surface area (Å²) in [5.41, 5.74) is 1.27. The minimum Gasteiger partial charge on any atom is -0.480 e. The van der Waals surface area contributed by atoms with Gasteiger partial charge in [0.15, 0.2) is 0 Å². The summed E-state index contributed by atoms with van der Waals surface area (Å²) in [5.74, 6) is -1.09. The van der Waals surface area contributed by atoms with E-state index in [4.69, 9.17) is 28.3 Å². The highest BCUT2D eigenvalue weighted by Crippen LogP contribution is 2.25. The van der Waals surface area contributed by atoms with Gasteiger partial charge in [0.05, 0.1) is 10.0 Å². The molecule has 0 heterocycles. The molecular weight excluding hydrogens is 339 g/mol. The average molecular weight is 353 g/mol. The van der Waals surface area contributed by atoms with Crippen LogP contribution in [0.3, 0.4) is 0 Å². The van der Waals surface area contributed by atoms with Crippen molar-refractivity contribution in [1.29, 1.82) is 0 Å². The summed E-state index contributed by atoms with van der Waals surface area (Å²) in [4.78, 5) is 24.5. The Balaban J connectivity index is 2.12. The van der Waals surface area contributed by atoms with Crippen LogP contribution < -0.4 is 5.32 Å². The lowest BCUT2D eigenvalue weighted by atomic mass is 10.2. The van der Waals surface area contributed by atoms with Gasteiger partial charge in [0.1, 0.15) is 6.54 Å². The van der Waals surface area contributed by atoms with Crippen LogP contribution in [0.1, 0.15) is 5.56 Å². The van der Waals surface area contributed by atoms with E-state index in [0.29, 0.717) is 15.7 Å². The molecule has 0 aliphatic heterocycles. The van der Waals surface area contributed by atoms with Gasteiger partial charge in [-0.3, -0.25) is 4.79 Å². The predicted molar refractivity (Wildman–Crippen MR) is 90.0 cm³/mol. The van der Waals surface area contributed by atoms with Gasteiger partial charge >= 0.3 is 12.0 Å². The van der Waals surface area contributed by atoms with Crippen LogP contribution in [0.15, 0.2) is 48.5 Å². The molecule has 2 aromatic carbocycles. The Morgan fingerprint density at radius 1 is 1.04 bits per heavy atom. The fourth-order valence-electron chi connectivity index (χ4n) is 1.94. The highest BCUT2D eigenvalue weighted by molar-refractivity contribution is 6.42. The van der Waals surface area contributed by atoms with Gasteiger partial charge in [0.2, 0.25) is 0 Å². The van der Waals surface area contributed by atoms with Gasteiger partial charge in [0, 0.05) is 12.2 Å². The molecule has 0 spiro atoms. The number of nitrogens with zero attached hydrogens (tertiary/aromatic N) is 1. The van der Waals surface area contributed by atoms with Crippen LogP contribution >= 0.6 is 23.2 Å². The van der Waals surface area contributed by atoms with Crippen LogP contribution in [0.4, 0.5) is 10.5 Å². The Labute approximate surface area is 143 Å². The number of benzene rings is 2. The van der Waals surface area contributed by atoms with Crippen LogP contribution in [-0.2, 0) is 11.3 Å². The monoisotopic (exact) mass is 352 g/mol.